The smallest absolute Gasteiger partial charge is 0.288 e. The highest BCUT2D eigenvalue weighted by atomic mass is 16.5. The van der Waals surface area contributed by atoms with E-state index in [0.717, 1.165) is 51.5 Å². The second-order valence-electron chi connectivity index (χ2n) is 7.61. The second-order valence-corrected chi connectivity index (χ2v) is 7.61. The van der Waals surface area contributed by atoms with Gasteiger partial charge < -0.3 is 15.0 Å². The van der Waals surface area contributed by atoms with Crippen molar-refractivity contribution in [2.24, 2.45) is 4.99 Å². The third-order valence-corrected chi connectivity index (χ3v) is 5.98. The molecule has 5 rings (SSSR count). The molecule has 3 aliphatic heterocycles. The third kappa shape index (κ3) is 2.69. The molecule has 134 valence electrons. The number of fused-ring (bicyclic) bond motifs is 1. The summed E-state index contributed by atoms with van der Waals surface area (Å²) in [6.07, 6.45) is 3.17. The normalized spacial score (nSPS) is 24.1. The molecule has 1 atom stereocenters. The van der Waals surface area contributed by atoms with Gasteiger partial charge in [-0.25, -0.2) is 4.99 Å². The quantitative estimate of drug-likeness (QED) is 0.861. The van der Waals surface area contributed by atoms with Crippen LogP contribution in [-0.2, 0) is 11.2 Å². The fraction of sp³-hybridized carbons (Fsp3) is 0.409. The van der Waals surface area contributed by atoms with Gasteiger partial charge in [-0.1, -0.05) is 54.6 Å². The van der Waals surface area contributed by atoms with Crippen molar-refractivity contribution in [2.45, 2.75) is 30.8 Å². The first kappa shape index (κ1) is 15.9. The van der Waals surface area contributed by atoms with Gasteiger partial charge in [0.25, 0.3) is 6.02 Å². The summed E-state index contributed by atoms with van der Waals surface area (Å²) >= 11 is 0. The van der Waals surface area contributed by atoms with Crippen molar-refractivity contribution in [3.8, 4) is 0 Å². The summed E-state index contributed by atoms with van der Waals surface area (Å²) in [5.41, 5.74) is 4.10. The Labute approximate surface area is 154 Å². The maximum absolute atomic E-state index is 6.20. The van der Waals surface area contributed by atoms with Crippen molar-refractivity contribution >= 4 is 6.02 Å². The first-order valence-corrected chi connectivity index (χ1v) is 9.67. The summed E-state index contributed by atoms with van der Waals surface area (Å²) in [4.78, 5) is 7.52. The van der Waals surface area contributed by atoms with Crippen LogP contribution in [0, 0.1) is 0 Å². The van der Waals surface area contributed by atoms with E-state index < -0.39 is 0 Å². The fourth-order valence-electron chi connectivity index (χ4n) is 4.53. The summed E-state index contributed by atoms with van der Waals surface area (Å²) in [7, 11) is 0. The van der Waals surface area contributed by atoms with Gasteiger partial charge in [0.1, 0.15) is 12.1 Å². The monoisotopic (exact) mass is 347 g/mol. The fourth-order valence-corrected chi connectivity index (χ4v) is 4.53. The molecule has 0 aliphatic carbocycles. The zero-order valence-corrected chi connectivity index (χ0v) is 15.0. The highest BCUT2D eigenvalue weighted by Gasteiger charge is 2.42. The lowest BCUT2D eigenvalue weighted by Gasteiger charge is -2.38. The SMILES string of the molecule is c1ccc([C@H]2c3ccccc3CCN2C2=NC3(CCNCC3)CO2)cc1. The van der Waals surface area contributed by atoms with E-state index >= 15 is 0 Å². The van der Waals surface area contributed by atoms with Crippen LogP contribution in [-0.4, -0.2) is 42.7 Å². The lowest BCUT2D eigenvalue weighted by molar-refractivity contribution is 0.183. The molecule has 1 saturated heterocycles. The summed E-state index contributed by atoms with van der Waals surface area (Å²) < 4.78 is 6.20. The van der Waals surface area contributed by atoms with Gasteiger partial charge in [-0.3, -0.25) is 0 Å². The van der Waals surface area contributed by atoms with E-state index in [-0.39, 0.29) is 11.6 Å². The molecule has 1 fully saturated rings. The molecule has 4 heteroatoms. The summed E-state index contributed by atoms with van der Waals surface area (Å²) in [6, 6.07) is 20.6. The van der Waals surface area contributed by atoms with Gasteiger partial charge >= 0.3 is 0 Å². The van der Waals surface area contributed by atoms with Crippen molar-refractivity contribution in [2.75, 3.05) is 26.2 Å². The Morgan fingerprint density at radius 1 is 1.00 bits per heavy atom. The molecular weight excluding hydrogens is 322 g/mol. The Morgan fingerprint density at radius 3 is 2.62 bits per heavy atom. The maximum atomic E-state index is 6.20. The van der Waals surface area contributed by atoms with Gasteiger partial charge in [-0.2, -0.15) is 0 Å². The minimum atomic E-state index is -0.0151. The molecule has 0 radical (unpaired) electrons. The van der Waals surface area contributed by atoms with Gasteiger partial charge in [0.05, 0.1) is 6.04 Å². The van der Waals surface area contributed by atoms with Gasteiger partial charge in [0.2, 0.25) is 0 Å². The number of benzene rings is 2. The van der Waals surface area contributed by atoms with Crippen LogP contribution in [0.2, 0.25) is 0 Å². The van der Waals surface area contributed by atoms with Crippen LogP contribution in [0.15, 0.2) is 59.6 Å². The number of ether oxygens (including phenoxy) is 1. The number of amidine groups is 1. The molecule has 1 N–H and O–H groups in total. The van der Waals surface area contributed by atoms with E-state index in [1.165, 1.54) is 16.7 Å². The van der Waals surface area contributed by atoms with Gasteiger partial charge in [-0.15, -0.1) is 0 Å². The number of rotatable bonds is 1. The molecule has 0 bridgehead atoms. The third-order valence-electron chi connectivity index (χ3n) is 5.98. The lowest BCUT2D eigenvalue weighted by Crippen LogP contribution is -2.41. The topological polar surface area (TPSA) is 36.9 Å². The van der Waals surface area contributed by atoms with Crippen LogP contribution in [0.25, 0.3) is 0 Å². The van der Waals surface area contributed by atoms with Gasteiger partial charge in [-0.05, 0) is 49.0 Å². The van der Waals surface area contributed by atoms with Crippen LogP contribution in [0.1, 0.15) is 35.6 Å². The minimum absolute atomic E-state index is 0.0151. The molecule has 2 aromatic carbocycles. The van der Waals surface area contributed by atoms with E-state index in [1.807, 2.05) is 0 Å². The molecule has 0 aromatic heterocycles. The average Bonchev–Trinajstić information content (AvgIpc) is 3.11. The van der Waals surface area contributed by atoms with Crippen molar-refractivity contribution < 1.29 is 4.74 Å². The number of nitrogens with zero attached hydrogens (tertiary/aromatic N) is 2. The van der Waals surface area contributed by atoms with Crippen molar-refractivity contribution in [3.63, 3.8) is 0 Å². The minimum Gasteiger partial charge on any atom is -0.463 e. The number of nitrogens with one attached hydrogen (secondary N) is 1. The van der Waals surface area contributed by atoms with Crippen LogP contribution in [0.3, 0.4) is 0 Å². The van der Waals surface area contributed by atoms with E-state index in [0.29, 0.717) is 0 Å². The molecule has 2 aromatic rings. The Bertz CT molecular complexity index is 811. The predicted molar refractivity (Wildman–Crippen MR) is 103 cm³/mol. The summed E-state index contributed by atoms with van der Waals surface area (Å²) in [6.45, 7) is 3.74. The predicted octanol–water partition coefficient (Wildman–Crippen LogP) is 3.14. The summed E-state index contributed by atoms with van der Waals surface area (Å²) in [5, 5.41) is 3.44. The van der Waals surface area contributed by atoms with Crippen LogP contribution >= 0.6 is 0 Å². The molecule has 0 unspecified atom stereocenters. The number of hydrogen-bond donors (Lipinski definition) is 1. The molecular formula is C22H25N3O. The Hall–Kier alpha value is -2.33. The molecule has 26 heavy (non-hydrogen) atoms. The lowest BCUT2D eigenvalue weighted by atomic mass is 9.88. The molecule has 0 saturated carbocycles. The highest BCUT2D eigenvalue weighted by molar-refractivity contribution is 5.78. The Balaban J connectivity index is 1.55. The Kier molecular flexibility index (Phi) is 3.93. The van der Waals surface area contributed by atoms with Crippen LogP contribution < -0.4 is 5.32 Å². The van der Waals surface area contributed by atoms with Crippen LogP contribution in [0.4, 0.5) is 0 Å². The Morgan fingerprint density at radius 2 is 1.77 bits per heavy atom. The molecule has 0 amide bonds. The maximum Gasteiger partial charge on any atom is 0.288 e. The first-order chi connectivity index (χ1) is 12.8. The van der Waals surface area contributed by atoms with E-state index in [1.54, 1.807) is 0 Å². The zero-order chi connectivity index (χ0) is 17.4. The van der Waals surface area contributed by atoms with Crippen molar-refractivity contribution in [1.29, 1.82) is 0 Å². The number of aliphatic imine (C=N–C) groups is 1. The van der Waals surface area contributed by atoms with Crippen molar-refractivity contribution in [1.82, 2.24) is 10.2 Å². The van der Waals surface area contributed by atoms with Gasteiger partial charge in [0, 0.05) is 6.54 Å². The van der Waals surface area contributed by atoms with E-state index in [2.05, 4.69) is 64.8 Å². The zero-order valence-electron chi connectivity index (χ0n) is 15.0. The van der Waals surface area contributed by atoms with Crippen molar-refractivity contribution in [3.05, 3.63) is 71.3 Å². The number of piperidine rings is 1. The number of hydrogen-bond acceptors (Lipinski definition) is 4. The van der Waals surface area contributed by atoms with Crippen LogP contribution in [0.5, 0.6) is 0 Å². The van der Waals surface area contributed by atoms with Gasteiger partial charge in [0.15, 0.2) is 0 Å². The second kappa shape index (κ2) is 6.44. The van der Waals surface area contributed by atoms with E-state index in [9.17, 15) is 0 Å². The van der Waals surface area contributed by atoms with E-state index in [4.69, 9.17) is 9.73 Å². The standard InChI is InChI=1S/C22H25N3O/c1-2-7-18(8-3-1)20-19-9-5-4-6-17(19)10-15-25(20)21-24-22(16-26-21)11-13-23-14-12-22/h1-9,20,23H,10-16H2/t20-/m0/s1. The largest absolute Gasteiger partial charge is 0.463 e. The first-order valence-electron chi connectivity index (χ1n) is 9.67. The highest BCUT2D eigenvalue weighted by Crippen LogP contribution is 2.38. The molecule has 4 nitrogen and oxygen atoms in total. The molecule has 3 aliphatic rings. The molecule has 1 spiro atoms. The molecule has 3 heterocycles. The summed E-state index contributed by atoms with van der Waals surface area (Å²) in [5.74, 6) is 0. The average molecular weight is 347 g/mol.